The molecule has 26 heavy (non-hydrogen) atoms. The molecule has 1 aliphatic rings. The number of piperidine rings is 1. The zero-order valence-electron chi connectivity index (χ0n) is 15.8. The summed E-state index contributed by atoms with van der Waals surface area (Å²) in [6.07, 6.45) is 1.80. The monoisotopic (exact) mass is 357 g/mol. The highest BCUT2D eigenvalue weighted by Gasteiger charge is 2.26. The van der Waals surface area contributed by atoms with E-state index in [9.17, 15) is 14.4 Å². The molecule has 2 heterocycles. The van der Waals surface area contributed by atoms with Gasteiger partial charge in [-0.15, -0.1) is 0 Å². The van der Waals surface area contributed by atoms with Crippen LogP contribution in [0.1, 0.15) is 33.6 Å². The number of nitrogens with zero attached hydrogens (tertiary/aromatic N) is 3. The van der Waals surface area contributed by atoms with Gasteiger partial charge in [-0.05, 0) is 36.8 Å². The summed E-state index contributed by atoms with van der Waals surface area (Å²) in [5.41, 5.74) is -0.153. The van der Waals surface area contributed by atoms with Crippen LogP contribution in [0.5, 0.6) is 0 Å². The van der Waals surface area contributed by atoms with Crippen LogP contribution in [0.3, 0.4) is 0 Å². The van der Waals surface area contributed by atoms with Crippen molar-refractivity contribution >= 4 is 16.8 Å². The highest BCUT2D eigenvalue weighted by Crippen LogP contribution is 2.21. The second-order valence-corrected chi connectivity index (χ2v) is 7.59. The first-order valence-electron chi connectivity index (χ1n) is 9.42. The molecule has 1 aliphatic heterocycles. The van der Waals surface area contributed by atoms with Crippen LogP contribution in [0.4, 0.5) is 0 Å². The van der Waals surface area contributed by atoms with E-state index in [1.54, 1.807) is 24.3 Å². The Morgan fingerprint density at radius 3 is 2.38 bits per heavy atom. The Balaban J connectivity index is 2.03. The number of para-hydroxylation sites is 1. The van der Waals surface area contributed by atoms with Gasteiger partial charge in [-0.1, -0.05) is 32.9 Å². The molecular formula is C20H27N3O3. The third-order valence-corrected chi connectivity index (χ3v) is 5.09. The fraction of sp³-hybridized carbons (Fsp3) is 0.550. The minimum atomic E-state index is -0.401. The van der Waals surface area contributed by atoms with Gasteiger partial charge in [0.25, 0.3) is 5.56 Å². The minimum absolute atomic E-state index is 0.0250. The number of benzene rings is 1. The summed E-state index contributed by atoms with van der Waals surface area (Å²) in [4.78, 5) is 40.3. The Morgan fingerprint density at radius 1 is 1.08 bits per heavy atom. The Hall–Kier alpha value is -2.37. The smallest absolute Gasteiger partial charge is 0.331 e. The van der Waals surface area contributed by atoms with Gasteiger partial charge in [0, 0.05) is 19.6 Å². The topological polar surface area (TPSA) is 64.3 Å². The standard InChI is InChI=1S/C20H27N3O3/c1-4-9-22-19(25)16-7-5-6-8-17(16)23(20(22)26)13-18(24)21-11-14(2)10-15(3)12-21/h5-8,14-15H,4,9-13H2,1-3H3. The van der Waals surface area contributed by atoms with Crippen LogP contribution >= 0.6 is 0 Å². The van der Waals surface area contributed by atoms with Crippen molar-refractivity contribution in [1.82, 2.24) is 14.0 Å². The van der Waals surface area contributed by atoms with E-state index in [4.69, 9.17) is 0 Å². The number of amides is 1. The molecule has 1 aromatic heterocycles. The molecule has 2 atom stereocenters. The summed E-state index contributed by atoms with van der Waals surface area (Å²) in [6, 6.07) is 7.03. The van der Waals surface area contributed by atoms with E-state index in [2.05, 4.69) is 13.8 Å². The third-order valence-electron chi connectivity index (χ3n) is 5.09. The average molecular weight is 357 g/mol. The maximum absolute atomic E-state index is 12.9. The molecule has 0 bridgehead atoms. The molecule has 1 aromatic carbocycles. The Labute approximate surface area is 153 Å². The molecule has 1 amide bonds. The fourth-order valence-corrected chi connectivity index (χ4v) is 4.05. The van der Waals surface area contributed by atoms with E-state index >= 15 is 0 Å². The lowest BCUT2D eigenvalue weighted by atomic mass is 9.92. The van der Waals surface area contributed by atoms with Gasteiger partial charge in [0.2, 0.25) is 5.91 Å². The SMILES string of the molecule is CCCn1c(=O)c2ccccc2n(CC(=O)N2CC(C)CC(C)C2)c1=O. The second kappa shape index (κ2) is 7.48. The third kappa shape index (κ3) is 3.45. The molecule has 6 nitrogen and oxygen atoms in total. The van der Waals surface area contributed by atoms with Gasteiger partial charge >= 0.3 is 5.69 Å². The molecule has 140 valence electrons. The number of hydrogen-bond acceptors (Lipinski definition) is 3. The van der Waals surface area contributed by atoms with E-state index in [1.165, 1.54) is 9.13 Å². The van der Waals surface area contributed by atoms with Crippen molar-refractivity contribution in [3.05, 3.63) is 45.1 Å². The van der Waals surface area contributed by atoms with Crippen molar-refractivity contribution in [2.45, 2.75) is 46.7 Å². The molecule has 0 radical (unpaired) electrons. The number of aromatic nitrogens is 2. The zero-order valence-corrected chi connectivity index (χ0v) is 15.8. The van der Waals surface area contributed by atoms with E-state index in [0.717, 1.165) is 19.5 Å². The molecular weight excluding hydrogens is 330 g/mol. The van der Waals surface area contributed by atoms with Crippen LogP contribution in [-0.2, 0) is 17.9 Å². The van der Waals surface area contributed by atoms with Gasteiger partial charge in [0.05, 0.1) is 10.9 Å². The molecule has 3 rings (SSSR count). The summed E-state index contributed by atoms with van der Waals surface area (Å²) < 4.78 is 2.70. The van der Waals surface area contributed by atoms with E-state index in [-0.39, 0.29) is 18.0 Å². The molecule has 2 unspecified atom stereocenters. The number of carbonyl (C=O) groups excluding carboxylic acids is 1. The number of hydrogen-bond donors (Lipinski definition) is 0. The summed E-state index contributed by atoms with van der Waals surface area (Å²) in [6.45, 7) is 8.01. The number of rotatable bonds is 4. The van der Waals surface area contributed by atoms with Crippen LogP contribution in [0, 0.1) is 11.8 Å². The highest BCUT2D eigenvalue weighted by atomic mass is 16.2. The lowest BCUT2D eigenvalue weighted by Gasteiger charge is -2.35. The van der Waals surface area contributed by atoms with Crippen molar-refractivity contribution in [2.24, 2.45) is 11.8 Å². The first-order chi connectivity index (χ1) is 12.4. The largest absolute Gasteiger partial charge is 0.341 e. The predicted octanol–water partition coefficient (Wildman–Crippen LogP) is 2.08. The zero-order chi connectivity index (χ0) is 18.8. The van der Waals surface area contributed by atoms with Gasteiger partial charge < -0.3 is 4.90 Å². The normalized spacial score (nSPS) is 20.5. The van der Waals surface area contributed by atoms with Crippen LogP contribution in [0.15, 0.2) is 33.9 Å². The van der Waals surface area contributed by atoms with Crippen LogP contribution in [0.2, 0.25) is 0 Å². The summed E-state index contributed by atoms with van der Waals surface area (Å²) in [5, 5.41) is 0.480. The number of carbonyl (C=O) groups is 1. The van der Waals surface area contributed by atoms with Gasteiger partial charge in [0.1, 0.15) is 6.54 Å². The van der Waals surface area contributed by atoms with E-state index in [1.807, 2.05) is 11.8 Å². The highest BCUT2D eigenvalue weighted by molar-refractivity contribution is 5.81. The number of likely N-dealkylation sites (tertiary alicyclic amines) is 1. The maximum atomic E-state index is 12.9. The molecule has 0 N–H and O–H groups in total. The fourth-order valence-electron chi connectivity index (χ4n) is 4.05. The van der Waals surface area contributed by atoms with E-state index < -0.39 is 5.69 Å². The van der Waals surface area contributed by atoms with Gasteiger partial charge in [0.15, 0.2) is 0 Å². The van der Waals surface area contributed by atoms with Crippen molar-refractivity contribution in [3.63, 3.8) is 0 Å². The Morgan fingerprint density at radius 2 is 1.73 bits per heavy atom. The molecule has 2 aromatic rings. The first-order valence-corrected chi connectivity index (χ1v) is 9.42. The molecule has 0 saturated carbocycles. The van der Waals surface area contributed by atoms with Crippen LogP contribution in [-0.4, -0.2) is 33.0 Å². The van der Waals surface area contributed by atoms with Crippen molar-refractivity contribution in [3.8, 4) is 0 Å². The van der Waals surface area contributed by atoms with Gasteiger partial charge in [-0.2, -0.15) is 0 Å². The van der Waals surface area contributed by atoms with E-state index in [0.29, 0.717) is 35.7 Å². The lowest BCUT2D eigenvalue weighted by Crippen LogP contribution is -2.47. The van der Waals surface area contributed by atoms with Crippen molar-refractivity contribution in [1.29, 1.82) is 0 Å². The van der Waals surface area contributed by atoms with Crippen molar-refractivity contribution < 1.29 is 4.79 Å². The van der Waals surface area contributed by atoms with Gasteiger partial charge in [-0.3, -0.25) is 18.7 Å². The maximum Gasteiger partial charge on any atom is 0.331 e. The van der Waals surface area contributed by atoms with Crippen molar-refractivity contribution in [2.75, 3.05) is 13.1 Å². The molecule has 1 saturated heterocycles. The minimum Gasteiger partial charge on any atom is -0.341 e. The van der Waals surface area contributed by atoms with Gasteiger partial charge in [-0.25, -0.2) is 4.79 Å². The summed E-state index contributed by atoms with van der Waals surface area (Å²) in [7, 11) is 0. The lowest BCUT2D eigenvalue weighted by molar-refractivity contribution is -0.134. The predicted molar refractivity (Wildman–Crippen MR) is 102 cm³/mol. The average Bonchev–Trinajstić information content (AvgIpc) is 2.61. The Bertz CT molecular complexity index is 918. The Kier molecular flexibility index (Phi) is 5.30. The second-order valence-electron chi connectivity index (χ2n) is 7.59. The van der Waals surface area contributed by atoms with Crippen LogP contribution in [0.25, 0.3) is 10.9 Å². The first kappa shape index (κ1) is 18.4. The molecule has 0 spiro atoms. The molecule has 6 heteroatoms. The summed E-state index contributed by atoms with van der Waals surface area (Å²) in [5.74, 6) is 0.868. The van der Waals surface area contributed by atoms with Crippen LogP contribution < -0.4 is 11.2 Å². The summed E-state index contributed by atoms with van der Waals surface area (Å²) >= 11 is 0. The quantitative estimate of drug-likeness (QED) is 0.841. The number of fused-ring (bicyclic) bond motifs is 1. The molecule has 0 aliphatic carbocycles. The molecule has 1 fully saturated rings.